The van der Waals surface area contributed by atoms with Crippen molar-refractivity contribution in [1.82, 2.24) is 0 Å². The van der Waals surface area contributed by atoms with E-state index in [0.717, 1.165) is 0 Å². The van der Waals surface area contributed by atoms with E-state index in [9.17, 15) is 13.2 Å². The summed E-state index contributed by atoms with van der Waals surface area (Å²) < 4.78 is 30.3. The third-order valence-electron chi connectivity index (χ3n) is 3.22. The Morgan fingerprint density at radius 1 is 1.26 bits per heavy atom. The minimum atomic E-state index is -3.97. The maximum atomic E-state index is 12.2. The standard InChI is InChI=1S/C14H16O4S/c15-14(12-4-2-1-3-5-12)13-8-6-11(7-9-13)10-19(16,17)18/h1-4,6,8-9,11-12H,5,7,10H2,(H,16,17,18). The van der Waals surface area contributed by atoms with E-state index in [0.29, 0.717) is 18.4 Å². The number of ketones is 1. The summed E-state index contributed by atoms with van der Waals surface area (Å²) in [6.45, 7) is 0. The summed E-state index contributed by atoms with van der Waals surface area (Å²) in [7, 11) is -3.97. The molecule has 102 valence electrons. The zero-order valence-electron chi connectivity index (χ0n) is 10.4. The Hall–Kier alpha value is -1.46. The Morgan fingerprint density at radius 2 is 2.05 bits per heavy atom. The molecule has 5 heteroatoms. The van der Waals surface area contributed by atoms with Gasteiger partial charge in [0.25, 0.3) is 10.1 Å². The summed E-state index contributed by atoms with van der Waals surface area (Å²) in [4.78, 5) is 12.2. The molecule has 2 aliphatic rings. The van der Waals surface area contributed by atoms with Crippen LogP contribution in [0, 0.1) is 11.8 Å². The predicted molar refractivity (Wildman–Crippen MR) is 73.1 cm³/mol. The highest BCUT2D eigenvalue weighted by Gasteiger charge is 2.22. The van der Waals surface area contributed by atoms with Crippen molar-refractivity contribution in [1.29, 1.82) is 0 Å². The Kier molecular flexibility index (Phi) is 4.17. The third-order valence-corrected chi connectivity index (χ3v) is 4.06. The normalized spacial score (nSPS) is 26.3. The van der Waals surface area contributed by atoms with Crippen LogP contribution in [0.2, 0.25) is 0 Å². The topological polar surface area (TPSA) is 71.4 Å². The van der Waals surface area contributed by atoms with Gasteiger partial charge >= 0.3 is 0 Å². The molecule has 2 aliphatic carbocycles. The van der Waals surface area contributed by atoms with Crippen molar-refractivity contribution in [3.05, 3.63) is 48.1 Å². The van der Waals surface area contributed by atoms with E-state index in [1.54, 1.807) is 18.2 Å². The molecule has 0 bridgehead atoms. The lowest BCUT2D eigenvalue weighted by molar-refractivity contribution is -0.117. The highest BCUT2D eigenvalue weighted by atomic mass is 32.2. The molecule has 4 nitrogen and oxygen atoms in total. The minimum Gasteiger partial charge on any atom is -0.294 e. The van der Waals surface area contributed by atoms with Crippen molar-refractivity contribution < 1.29 is 17.8 Å². The Labute approximate surface area is 113 Å². The smallest absolute Gasteiger partial charge is 0.265 e. The van der Waals surface area contributed by atoms with Crippen molar-refractivity contribution in [2.45, 2.75) is 12.8 Å². The molecule has 0 radical (unpaired) electrons. The fourth-order valence-electron chi connectivity index (χ4n) is 2.23. The first kappa shape index (κ1) is 14.0. The molecule has 0 aromatic heterocycles. The number of allylic oxidation sites excluding steroid dienone is 8. The van der Waals surface area contributed by atoms with Gasteiger partial charge in [-0.3, -0.25) is 9.35 Å². The highest BCUT2D eigenvalue weighted by molar-refractivity contribution is 7.85. The van der Waals surface area contributed by atoms with Crippen LogP contribution in [0.3, 0.4) is 0 Å². The monoisotopic (exact) mass is 280 g/mol. The number of carbonyl (C=O) groups excluding carboxylic acids is 1. The van der Waals surface area contributed by atoms with Gasteiger partial charge in [-0.05, 0) is 18.8 Å². The van der Waals surface area contributed by atoms with Gasteiger partial charge < -0.3 is 0 Å². The number of Topliss-reactive ketones (excluding diaryl/α,β-unsaturated/α-hetero) is 1. The van der Waals surface area contributed by atoms with Crippen LogP contribution in [-0.2, 0) is 14.9 Å². The number of rotatable bonds is 4. The van der Waals surface area contributed by atoms with Gasteiger partial charge in [-0.2, -0.15) is 8.42 Å². The molecule has 2 rings (SSSR count). The Balaban J connectivity index is 1.98. The van der Waals surface area contributed by atoms with Gasteiger partial charge in [-0.15, -0.1) is 0 Å². The van der Waals surface area contributed by atoms with Gasteiger partial charge in [0.2, 0.25) is 0 Å². The fraction of sp³-hybridized carbons (Fsp3) is 0.357. The SMILES string of the molecule is O=C(C1=CCC(CS(=O)(=O)O)C=C1)C1C=CC=CC1. The van der Waals surface area contributed by atoms with Crippen LogP contribution < -0.4 is 0 Å². The molecule has 0 aromatic carbocycles. The van der Waals surface area contributed by atoms with Gasteiger partial charge in [-0.1, -0.05) is 42.5 Å². The fourth-order valence-corrected chi connectivity index (χ4v) is 3.02. The maximum Gasteiger partial charge on any atom is 0.265 e. The maximum absolute atomic E-state index is 12.2. The van der Waals surface area contributed by atoms with Crippen molar-refractivity contribution >= 4 is 15.9 Å². The van der Waals surface area contributed by atoms with E-state index in [2.05, 4.69) is 0 Å². The first-order chi connectivity index (χ1) is 8.96. The first-order valence-corrected chi connectivity index (χ1v) is 7.78. The zero-order valence-corrected chi connectivity index (χ0v) is 11.2. The Morgan fingerprint density at radius 3 is 2.58 bits per heavy atom. The van der Waals surface area contributed by atoms with Crippen LogP contribution >= 0.6 is 0 Å². The quantitative estimate of drug-likeness (QED) is 0.800. The van der Waals surface area contributed by atoms with Gasteiger partial charge in [-0.25, -0.2) is 0 Å². The zero-order chi connectivity index (χ0) is 13.9. The van der Waals surface area contributed by atoms with E-state index in [-0.39, 0.29) is 23.4 Å². The number of hydrogen-bond acceptors (Lipinski definition) is 3. The first-order valence-electron chi connectivity index (χ1n) is 6.17. The molecule has 0 fully saturated rings. The van der Waals surface area contributed by atoms with Crippen molar-refractivity contribution in [3.8, 4) is 0 Å². The summed E-state index contributed by atoms with van der Waals surface area (Å²) in [6.07, 6.45) is 13.9. The lowest BCUT2D eigenvalue weighted by Crippen LogP contribution is -2.19. The van der Waals surface area contributed by atoms with Crippen LogP contribution in [-0.4, -0.2) is 24.5 Å². The highest BCUT2D eigenvalue weighted by Crippen LogP contribution is 2.23. The molecule has 0 saturated carbocycles. The molecule has 0 aliphatic heterocycles. The summed E-state index contributed by atoms with van der Waals surface area (Å²) in [5.74, 6) is -0.623. The van der Waals surface area contributed by atoms with Gasteiger partial charge in [0.1, 0.15) is 0 Å². The van der Waals surface area contributed by atoms with E-state index < -0.39 is 10.1 Å². The lowest BCUT2D eigenvalue weighted by Gasteiger charge is -2.17. The molecule has 1 N–H and O–H groups in total. The lowest BCUT2D eigenvalue weighted by atomic mass is 9.88. The number of hydrogen-bond donors (Lipinski definition) is 1. The van der Waals surface area contributed by atoms with Crippen LogP contribution in [0.4, 0.5) is 0 Å². The van der Waals surface area contributed by atoms with Gasteiger partial charge in [0.15, 0.2) is 5.78 Å². The molecule has 2 unspecified atom stereocenters. The summed E-state index contributed by atoms with van der Waals surface area (Å²) in [6, 6.07) is 0. The summed E-state index contributed by atoms with van der Waals surface area (Å²) in [5, 5.41) is 0. The molecule has 19 heavy (non-hydrogen) atoms. The Bertz CT molecular complexity index is 579. The average Bonchev–Trinajstić information content (AvgIpc) is 2.38. The van der Waals surface area contributed by atoms with Crippen LogP contribution in [0.15, 0.2) is 48.1 Å². The van der Waals surface area contributed by atoms with Gasteiger partial charge in [0.05, 0.1) is 5.75 Å². The van der Waals surface area contributed by atoms with E-state index >= 15 is 0 Å². The summed E-state index contributed by atoms with van der Waals surface area (Å²) >= 11 is 0. The van der Waals surface area contributed by atoms with E-state index in [1.807, 2.05) is 24.3 Å². The molecular formula is C14H16O4S. The molecule has 0 amide bonds. The van der Waals surface area contributed by atoms with Crippen molar-refractivity contribution in [3.63, 3.8) is 0 Å². The minimum absolute atomic E-state index is 0.0576. The third kappa shape index (κ3) is 4.01. The number of carbonyl (C=O) groups is 1. The second kappa shape index (κ2) is 5.67. The summed E-state index contributed by atoms with van der Waals surface area (Å²) in [5.41, 5.74) is 0.622. The predicted octanol–water partition coefficient (Wildman–Crippen LogP) is 2.08. The van der Waals surface area contributed by atoms with Gasteiger partial charge in [0, 0.05) is 11.5 Å². The van der Waals surface area contributed by atoms with E-state index in [4.69, 9.17) is 4.55 Å². The molecule has 2 atom stereocenters. The van der Waals surface area contributed by atoms with Crippen molar-refractivity contribution in [2.75, 3.05) is 5.75 Å². The second-order valence-electron chi connectivity index (χ2n) is 4.78. The largest absolute Gasteiger partial charge is 0.294 e. The van der Waals surface area contributed by atoms with Crippen LogP contribution in [0.1, 0.15) is 12.8 Å². The second-order valence-corrected chi connectivity index (χ2v) is 6.28. The van der Waals surface area contributed by atoms with Crippen LogP contribution in [0.5, 0.6) is 0 Å². The molecule has 0 heterocycles. The van der Waals surface area contributed by atoms with Crippen LogP contribution in [0.25, 0.3) is 0 Å². The van der Waals surface area contributed by atoms with Crippen molar-refractivity contribution in [2.24, 2.45) is 11.8 Å². The molecular weight excluding hydrogens is 264 g/mol. The van der Waals surface area contributed by atoms with E-state index in [1.165, 1.54) is 0 Å². The molecule has 0 aromatic rings. The molecule has 0 saturated heterocycles. The molecule has 0 spiro atoms. The average molecular weight is 280 g/mol.